The highest BCUT2D eigenvalue weighted by Gasteiger charge is 2.34. The summed E-state index contributed by atoms with van der Waals surface area (Å²) in [4.78, 5) is 0. The molecule has 0 unspecified atom stereocenters. The summed E-state index contributed by atoms with van der Waals surface area (Å²) >= 11 is 0. The van der Waals surface area contributed by atoms with Crippen LogP contribution in [0.15, 0.2) is 12.7 Å². The second kappa shape index (κ2) is 9.41. The first kappa shape index (κ1) is 18.5. The van der Waals surface area contributed by atoms with E-state index in [1.54, 1.807) is 0 Å². The van der Waals surface area contributed by atoms with Crippen LogP contribution >= 0.6 is 0 Å². The SMILES string of the molecule is C=CC1CCC(C2CCC(C3CCC(OCCC)CC3)CC2)CC1. The van der Waals surface area contributed by atoms with E-state index < -0.39 is 0 Å². The van der Waals surface area contributed by atoms with E-state index in [1.165, 1.54) is 83.5 Å². The number of hydrogen-bond acceptors (Lipinski definition) is 1. The summed E-state index contributed by atoms with van der Waals surface area (Å²) < 4.78 is 5.98. The molecule has 0 spiro atoms. The molecule has 3 saturated carbocycles. The third kappa shape index (κ3) is 4.87. The molecule has 3 fully saturated rings. The summed E-state index contributed by atoms with van der Waals surface area (Å²) in [6.07, 6.45) is 21.4. The van der Waals surface area contributed by atoms with Gasteiger partial charge >= 0.3 is 0 Å². The Morgan fingerprint density at radius 2 is 1.12 bits per heavy atom. The van der Waals surface area contributed by atoms with Crippen molar-refractivity contribution in [2.24, 2.45) is 29.6 Å². The molecule has 0 radical (unpaired) electrons. The van der Waals surface area contributed by atoms with Crippen molar-refractivity contribution in [1.82, 2.24) is 0 Å². The maximum atomic E-state index is 5.98. The standard InChI is InChI=1S/C23H40O/c1-3-17-24-23-15-13-22(14-16-23)21-11-9-20(10-12-21)19-7-5-18(4-2)6-8-19/h4,18-23H,2-3,5-17H2,1H3. The van der Waals surface area contributed by atoms with Gasteiger partial charge in [0.25, 0.3) is 0 Å². The lowest BCUT2D eigenvalue weighted by Crippen LogP contribution is -2.31. The Balaban J connectivity index is 1.36. The van der Waals surface area contributed by atoms with E-state index in [9.17, 15) is 0 Å². The molecule has 1 heteroatoms. The first-order chi connectivity index (χ1) is 11.8. The zero-order valence-electron chi connectivity index (χ0n) is 16.1. The molecule has 0 aromatic heterocycles. The van der Waals surface area contributed by atoms with Gasteiger partial charge in [0.15, 0.2) is 0 Å². The van der Waals surface area contributed by atoms with Crippen LogP contribution in [0.25, 0.3) is 0 Å². The van der Waals surface area contributed by atoms with Crippen LogP contribution < -0.4 is 0 Å². The fraction of sp³-hybridized carbons (Fsp3) is 0.913. The van der Waals surface area contributed by atoms with Gasteiger partial charge in [-0.15, -0.1) is 6.58 Å². The van der Waals surface area contributed by atoms with Gasteiger partial charge in [-0.3, -0.25) is 0 Å². The molecule has 0 N–H and O–H groups in total. The van der Waals surface area contributed by atoms with E-state index in [1.807, 2.05) is 0 Å². The minimum atomic E-state index is 0.581. The zero-order valence-corrected chi connectivity index (χ0v) is 16.1. The first-order valence-electron chi connectivity index (χ1n) is 11.0. The van der Waals surface area contributed by atoms with Gasteiger partial charge in [0, 0.05) is 6.61 Å². The third-order valence-corrected chi connectivity index (χ3v) is 7.58. The van der Waals surface area contributed by atoms with Gasteiger partial charge in [0.2, 0.25) is 0 Å². The fourth-order valence-electron chi connectivity index (χ4n) is 5.95. The molecule has 0 aliphatic heterocycles. The number of rotatable bonds is 6. The van der Waals surface area contributed by atoms with Crippen molar-refractivity contribution in [3.05, 3.63) is 12.7 Å². The highest BCUT2D eigenvalue weighted by molar-refractivity contribution is 4.89. The molecule has 0 heterocycles. The smallest absolute Gasteiger partial charge is 0.0575 e. The summed E-state index contributed by atoms with van der Waals surface area (Å²) in [5, 5.41) is 0. The van der Waals surface area contributed by atoms with E-state index in [0.29, 0.717) is 6.10 Å². The Kier molecular flexibility index (Phi) is 7.25. The van der Waals surface area contributed by atoms with E-state index in [0.717, 1.165) is 36.2 Å². The van der Waals surface area contributed by atoms with Crippen LogP contribution in [-0.2, 0) is 4.74 Å². The maximum Gasteiger partial charge on any atom is 0.0575 e. The zero-order chi connectivity index (χ0) is 16.8. The number of allylic oxidation sites excluding steroid dienone is 1. The Hall–Kier alpha value is -0.300. The molecule has 0 aromatic carbocycles. The minimum Gasteiger partial charge on any atom is -0.378 e. The second-order valence-electron chi connectivity index (χ2n) is 8.99. The van der Waals surface area contributed by atoms with Crippen LogP contribution in [0.4, 0.5) is 0 Å². The molecule has 3 rings (SSSR count). The van der Waals surface area contributed by atoms with Gasteiger partial charge in [-0.1, -0.05) is 13.0 Å². The predicted molar refractivity (Wildman–Crippen MR) is 103 cm³/mol. The molecular formula is C23H40O. The maximum absolute atomic E-state index is 5.98. The van der Waals surface area contributed by atoms with Crippen LogP contribution in [-0.4, -0.2) is 12.7 Å². The van der Waals surface area contributed by atoms with Crippen molar-refractivity contribution in [1.29, 1.82) is 0 Å². The van der Waals surface area contributed by atoms with Crippen molar-refractivity contribution < 1.29 is 4.74 Å². The second-order valence-corrected chi connectivity index (χ2v) is 8.99. The molecular weight excluding hydrogens is 292 g/mol. The lowest BCUT2D eigenvalue weighted by atomic mass is 9.65. The molecule has 3 aliphatic carbocycles. The molecule has 0 amide bonds. The highest BCUT2D eigenvalue weighted by Crippen LogP contribution is 2.45. The van der Waals surface area contributed by atoms with Crippen molar-refractivity contribution in [3.8, 4) is 0 Å². The Morgan fingerprint density at radius 3 is 1.54 bits per heavy atom. The van der Waals surface area contributed by atoms with Crippen molar-refractivity contribution in [2.75, 3.05) is 6.61 Å². The highest BCUT2D eigenvalue weighted by atomic mass is 16.5. The summed E-state index contributed by atoms with van der Waals surface area (Å²) in [7, 11) is 0. The molecule has 24 heavy (non-hydrogen) atoms. The fourth-order valence-corrected chi connectivity index (χ4v) is 5.95. The molecule has 1 nitrogen and oxygen atoms in total. The van der Waals surface area contributed by atoms with Crippen molar-refractivity contribution >= 4 is 0 Å². The van der Waals surface area contributed by atoms with Gasteiger partial charge < -0.3 is 4.74 Å². The van der Waals surface area contributed by atoms with Gasteiger partial charge in [-0.25, -0.2) is 0 Å². The van der Waals surface area contributed by atoms with Crippen LogP contribution in [0.2, 0.25) is 0 Å². The largest absolute Gasteiger partial charge is 0.378 e. The normalized spacial score (nSPS) is 41.0. The van der Waals surface area contributed by atoms with E-state index in [2.05, 4.69) is 19.6 Å². The molecule has 0 atom stereocenters. The quantitative estimate of drug-likeness (QED) is 0.488. The van der Waals surface area contributed by atoms with Crippen LogP contribution in [0.3, 0.4) is 0 Å². The number of hydrogen-bond donors (Lipinski definition) is 0. The van der Waals surface area contributed by atoms with Gasteiger partial charge in [-0.2, -0.15) is 0 Å². The van der Waals surface area contributed by atoms with Crippen molar-refractivity contribution in [3.63, 3.8) is 0 Å². The van der Waals surface area contributed by atoms with Crippen molar-refractivity contribution in [2.45, 2.75) is 96.5 Å². The molecule has 0 aromatic rings. The Bertz CT molecular complexity index is 352. The predicted octanol–water partition coefficient (Wildman–Crippen LogP) is 6.77. The monoisotopic (exact) mass is 332 g/mol. The van der Waals surface area contributed by atoms with E-state index >= 15 is 0 Å². The topological polar surface area (TPSA) is 9.23 Å². The lowest BCUT2D eigenvalue weighted by Gasteiger charge is -2.41. The first-order valence-corrected chi connectivity index (χ1v) is 11.0. The average molecular weight is 333 g/mol. The summed E-state index contributed by atoms with van der Waals surface area (Å²) in [6, 6.07) is 0. The summed E-state index contributed by atoms with van der Waals surface area (Å²) in [5.74, 6) is 4.97. The minimum absolute atomic E-state index is 0.581. The third-order valence-electron chi connectivity index (χ3n) is 7.58. The van der Waals surface area contributed by atoms with Crippen LogP contribution in [0.5, 0.6) is 0 Å². The van der Waals surface area contributed by atoms with Gasteiger partial charge in [-0.05, 0) is 113 Å². The molecule has 0 bridgehead atoms. The Labute approximate surface area is 150 Å². The average Bonchev–Trinajstić information content (AvgIpc) is 2.67. The van der Waals surface area contributed by atoms with Crippen LogP contribution in [0.1, 0.15) is 90.4 Å². The number of ether oxygens (including phenoxy) is 1. The summed E-state index contributed by atoms with van der Waals surface area (Å²) in [5.41, 5.74) is 0. The lowest BCUT2D eigenvalue weighted by molar-refractivity contribution is 0.00581. The Morgan fingerprint density at radius 1 is 0.708 bits per heavy atom. The van der Waals surface area contributed by atoms with E-state index in [4.69, 9.17) is 4.74 Å². The van der Waals surface area contributed by atoms with E-state index in [-0.39, 0.29) is 0 Å². The van der Waals surface area contributed by atoms with Gasteiger partial charge in [0.1, 0.15) is 0 Å². The van der Waals surface area contributed by atoms with Crippen LogP contribution in [0, 0.1) is 29.6 Å². The summed E-state index contributed by atoms with van der Waals surface area (Å²) in [6.45, 7) is 7.18. The molecule has 138 valence electrons. The molecule has 3 aliphatic rings. The molecule has 0 saturated heterocycles. The van der Waals surface area contributed by atoms with Gasteiger partial charge in [0.05, 0.1) is 6.10 Å².